The number of aromatic hydroxyl groups is 1. The number of phenols is 1. The van der Waals surface area contributed by atoms with Crippen LogP contribution in [0.1, 0.15) is 23.2 Å². The molecule has 5 heteroatoms. The number of amides is 1. The third kappa shape index (κ3) is 2.38. The zero-order chi connectivity index (χ0) is 13.1. The van der Waals surface area contributed by atoms with Gasteiger partial charge in [0.1, 0.15) is 11.5 Å². The molecule has 18 heavy (non-hydrogen) atoms. The smallest absolute Gasteiger partial charge is 0.257 e. The highest BCUT2D eigenvalue weighted by Gasteiger charge is 2.29. The SMILES string of the molecule is COc1ccc(C(=O)N2CCCC2CCl)c(O)c1. The molecule has 1 aromatic rings. The van der Waals surface area contributed by atoms with E-state index in [0.717, 1.165) is 12.8 Å². The summed E-state index contributed by atoms with van der Waals surface area (Å²) in [6.07, 6.45) is 1.88. The van der Waals surface area contributed by atoms with E-state index >= 15 is 0 Å². The number of halogens is 1. The minimum atomic E-state index is -0.168. The van der Waals surface area contributed by atoms with Crippen molar-refractivity contribution in [3.8, 4) is 11.5 Å². The maximum absolute atomic E-state index is 12.3. The number of hydrogen-bond acceptors (Lipinski definition) is 3. The molecule has 1 aromatic carbocycles. The molecule has 0 aliphatic carbocycles. The quantitative estimate of drug-likeness (QED) is 0.856. The molecule has 1 unspecified atom stereocenters. The van der Waals surface area contributed by atoms with Crippen LogP contribution in [0.25, 0.3) is 0 Å². The molecule has 1 atom stereocenters. The van der Waals surface area contributed by atoms with Gasteiger partial charge in [-0.3, -0.25) is 4.79 Å². The van der Waals surface area contributed by atoms with Crippen LogP contribution in [-0.2, 0) is 0 Å². The molecule has 2 rings (SSSR count). The van der Waals surface area contributed by atoms with Crippen molar-refractivity contribution in [2.24, 2.45) is 0 Å². The first-order valence-electron chi connectivity index (χ1n) is 5.91. The highest BCUT2D eigenvalue weighted by atomic mass is 35.5. The number of ether oxygens (including phenoxy) is 1. The Morgan fingerprint density at radius 1 is 1.61 bits per heavy atom. The van der Waals surface area contributed by atoms with Crippen molar-refractivity contribution >= 4 is 17.5 Å². The maximum atomic E-state index is 12.3. The van der Waals surface area contributed by atoms with Crippen LogP contribution in [-0.4, -0.2) is 41.5 Å². The van der Waals surface area contributed by atoms with E-state index in [0.29, 0.717) is 23.7 Å². The number of likely N-dealkylation sites (tertiary alicyclic amines) is 1. The standard InChI is InChI=1S/C13H16ClNO3/c1-18-10-4-5-11(12(16)7-10)13(17)15-6-2-3-9(15)8-14/h4-5,7,9,16H,2-3,6,8H2,1H3. The van der Waals surface area contributed by atoms with Crippen LogP contribution in [0.2, 0.25) is 0 Å². The van der Waals surface area contributed by atoms with Gasteiger partial charge in [-0.2, -0.15) is 0 Å². The number of carbonyl (C=O) groups excluding carboxylic acids is 1. The summed E-state index contributed by atoms with van der Waals surface area (Å²) in [5.41, 5.74) is 0.299. The molecule has 0 bridgehead atoms. The fourth-order valence-electron chi connectivity index (χ4n) is 2.24. The van der Waals surface area contributed by atoms with Gasteiger partial charge in [0.05, 0.1) is 12.7 Å². The van der Waals surface area contributed by atoms with Crippen LogP contribution < -0.4 is 4.74 Å². The lowest BCUT2D eigenvalue weighted by molar-refractivity contribution is 0.0746. The largest absolute Gasteiger partial charge is 0.507 e. The van der Waals surface area contributed by atoms with Gasteiger partial charge in [0, 0.05) is 24.5 Å². The van der Waals surface area contributed by atoms with Gasteiger partial charge in [-0.05, 0) is 25.0 Å². The number of carbonyl (C=O) groups is 1. The van der Waals surface area contributed by atoms with E-state index < -0.39 is 0 Å². The summed E-state index contributed by atoms with van der Waals surface area (Å²) in [4.78, 5) is 14.0. The zero-order valence-electron chi connectivity index (χ0n) is 10.2. The van der Waals surface area contributed by atoms with Crippen molar-refractivity contribution in [2.75, 3.05) is 19.5 Å². The Hall–Kier alpha value is -1.42. The second-order valence-corrected chi connectivity index (χ2v) is 4.64. The Kier molecular flexibility index (Phi) is 3.97. The van der Waals surface area contributed by atoms with E-state index in [2.05, 4.69) is 0 Å². The molecule has 0 saturated carbocycles. The molecule has 1 saturated heterocycles. The van der Waals surface area contributed by atoms with Gasteiger partial charge in [0.2, 0.25) is 0 Å². The first-order valence-corrected chi connectivity index (χ1v) is 6.44. The van der Waals surface area contributed by atoms with Crippen molar-refractivity contribution < 1.29 is 14.6 Å². The minimum Gasteiger partial charge on any atom is -0.507 e. The average molecular weight is 270 g/mol. The molecule has 1 heterocycles. The molecule has 4 nitrogen and oxygen atoms in total. The topological polar surface area (TPSA) is 49.8 Å². The van der Waals surface area contributed by atoms with Gasteiger partial charge in [0.25, 0.3) is 5.91 Å². The van der Waals surface area contributed by atoms with Gasteiger partial charge < -0.3 is 14.7 Å². The highest BCUT2D eigenvalue weighted by molar-refractivity contribution is 6.18. The first-order chi connectivity index (χ1) is 8.67. The number of phenolic OH excluding ortho intramolecular Hbond substituents is 1. The number of methoxy groups -OCH3 is 1. The van der Waals surface area contributed by atoms with E-state index in [1.807, 2.05) is 0 Å². The Bertz CT molecular complexity index is 450. The van der Waals surface area contributed by atoms with Crippen LogP contribution in [0.3, 0.4) is 0 Å². The lowest BCUT2D eigenvalue weighted by Gasteiger charge is -2.23. The Morgan fingerprint density at radius 2 is 2.39 bits per heavy atom. The van der Waals surface area contributed by atoms with Crippen molar-refractivity contribution in [1.29, 1.82) is 0 Å². The van der Waals surface area contributed by atoms with E-state index in [1.54, 1.807) is 17.0 Å². The number of benzene rings is 1. The van der Waals surface area contributed by atoms with Gasteiger partial charge in [-0.25, -0.2) is 0 Å². The maximum Gasteiger partial charge on any atom is 0.257 e. The summed E-state index contributed by atoms with van der Waals surface area (Å²) in [7, 11) is 1.51. The summed E-state index contributed by atoms with van der Waals surface area (Å²) in [6, 6.07) is 4.76. The highest BCUT2D eigenvalue weighted by Crippen LogP contribution is 2.27. The number of nitrogens with zero attached hydrogens (tertiary/aromatic N) is 1. The van der Waals surface area contributed by atoms with E-state index in [9.17, 15) is 9.90 Å². The van der Waals surface area contributed by atoms with E-state index in [4.69, 9.17) is 16.3 Å². The minimum absolute atomic E-state index is 0.0560. The molecular formula is C13H16ClNO3. The zero-order valence-corrected chi connectivity index (χ0v) is 11.0. The molecule has 1 fully saturated rings. The molecule has 0 aromatic heterocycles. The van der Waals surface area contributed by atoms with Crippen LogP contribution in [0, 0.1) is 0 Å². The van der Waals surface area contributed by atoms with Gasteiger partial charge in [-0.1, -0.05) is 0 Å². The Balaban J connectivity index is 2.23. The number of hydrogen-bond donors (Lipinski definition) is 1. The van der Waals surface area contributed by atoms with Crippen LogP contribution in [0.15, 0.2) is 18.2 Å². The van der Waals surface area contributed by atoms with Gasteiger partial charge in [0.15, 0.2) is 0 Å². The second kappa shape index (κ2) is 5.48. The Labute approximate surface area is 111 Å². The van der Waals surface area contributed by atoms with Crippen LogP contribution >= 0.6 is 11.6 Å². The van der Waals surface area contributed by atoms with Crippen molar-refractivity contribution in [1.82, 2.24) is 4.90 Å². The third-order valence-corrected chi connectivity index (χ3v) is 3.61. The van der Waals surface area contributed by atoms with Crippen LogP contribution in [0.4, 0.5) is 0 Å². The summed E-state index contributed by atoms with van der Waals surface area (Å²) >= 11 is 5.85. The first kappa shape index (κ1) is 13.0. The normalized spacial score (nSPS) is 19.0. The number of rotatable bonds is 3. The molecule has 1 amide bonds. The third-order valence-electron chi connectivity index (χ3n) is 3.25. The summed E-state index contributed by atoms with van der Waals surface area (Å²) in [5.74, 6) is 0.736. The molecule has 1 aliphatic heterocycles. The predicted octanol–water partition coefficient (Wildman–Crippen LogP) is 2.24. The monoisotopic (exact) mass is 269 g/mol. The van der Waals surface area contributed by atoms with Crippen molar-refractivity contribution in [3.05, 3.63) is 23.8 Å². The molecule has 1 N–H and O–H groups in total. The van der Waals surface area contributed by atoms with Crippen molar-refractivity contribution in [3.63, 3.8) is 0 Å². The average Bonchev–Trinajstić information content (AvgIpc) is 2.86. The molecule has 98 valence electrons. The fraction of sp³-hybridized carbons (Fsp3) is 0.462. The van der Waals surface area contributed by atoms with E-state index in [-0.39, 0.29) is 17.7 Å². The lowest BCUT2D eigenvalue weighted by atomic mass is 10.1. The fourth-order valence-corrected chi connectivity index (χ4v) is 2.56. The van der Waals surface area contributed by atoms with E-state index in [1.165, 1.54) is 13.2 Å². The van der Waals surface area contributed by atoms with Crippen molar-refractivity contribution in [2.45, 2.75) is 18.9 Å². The lowest BCUT2D eigenvalue weighted by Crippen LogP contribution is -2.36. The molecule has 1 aliphatic rings. The Morgan fingerprint density at radius 3 is 3.00 bits per heavy atom. The van der Waals surface area contributed by atoms with Gasteiger partial charge in [-0.15, -0.1) is 11.6 Å². The summed E-state index contributed by atoms with van der Waals surface area (Å²) in [5, 5.41) is 9.85. The van der Waals surface area contributed by atoms with Gasteiger partial charge >= 0.3 is 0 Å². The summed E-state index contributed by atoms with van der Waals surface area (Å²) in [6.45, 7) is 0.696. The predicted molar refractivity (Wildman–Crippen MR) is 69.4 cm³/mol. The molecule has 0 spiro atoms. The molecular weight excluding hydrogens is 254 g/mol. The summed E-state index contributed by atoms with van der Waals surface area (Å²) < 4.78 is 4.99. The molecule has 0 radical (unpaired) electrons. The second-order valence-electron chi connectivity index (χ2n) is 4.33. The number of alkyl halides is 1. The van der Waals surface area contributed by atoms with Crippen LogP contribution in [0.5, 0.6) is 11.5 Å².